The lowest BCUT2D eigenvalue weighted by molar-refractivity contribution is -0.172. The molecule has 0 aromatic heterocycles. The van der Waals surface area contributed by atoms with Crippen LogP contribution in [0.1, 0.15) is 83.5 Å². The average molecular weight is 479 g/mol. The predicted molar refractivity (Wildman–Crippen MR) is 131 cm³/mol. The molecule has 0 aliphatic heterocycles. The van der Waals surface area contributed by atoms with Crippen LogP contribution in [0.4, 0.5) is 0 Å². The molecule has 0 aromatic carbocycles. The number of carbonyl (C=O) groups is 2. The van der Waals surface area contributed by atoms with Crippen LogP contribution in [0, 0.1) is 70.0 Å². The average Bonchev–Trinajstić information content (AvgIpc) is 3.41. The highest BCUT2D eigenvalue weighted by atomic mass is 16.5. The molecule has 190 valence electrons. The second-order valence-corrected chi connectivity index (χ2v) is 15.1. The van der Waals surface area contributed by atoms with Crippen molar-refractivity contribution < 1.29 is 19.1 Å². The summed E-state index contributed by atoms with van der Waals surface area (Å²) in [6, 6.07) is 0. The van der Waals surface area contributed by atoms with Crippen molar-refractivity contribution in [2.75, 3.05) is 13.2 Å². The van der Waals surface area contributed by atoms with Crippen molar-refractivity contribution in [2.24, 2.45) is 70.0 Å². The third kappa shape index (κ3) is 3.51. The molecule has 0 radical (unpaired) electrons. The van der Waals surface area contributed by atoms with Crippen LogP contribution in [0.3, 0.4) is 0 Å². The molecule has 9 fully saturated rings. The first-order chi connectivity index (χ1) is 16.9. The van der Waals surface area contributed by atoms with E-state index in [0.717, 1.165) is 41.9 Å². The van der Waals surface area contributed by atoms with Gasteiger partial charge in [0.15, 0.2) is 0 Å². The van der Waals surface area contributed by atoms with Gasteiger partial charge in [-0.25, -0.2) is 0 Å². The Labute approximate surface area is 210 Å². The predicted octanol–water partition coefficient (Wildman–Crippen LogP) is 5.94. The van der Waals surface area contributed by atoms with E-state index < -0.39 is 0 Å². The number of hydrogen-bond acceptors (Lipinski definition) is 4. The van der Waals surface area contributed by atoms with Gasteiger partial charge in [-0.2, -0.15) is 0 Å². The van der Waals surface area contributed by atoms with Crippen LogP contribution in [0.2, 0.25) is 0 Å². The van der Waals surface area contributed by atoms with Crippen LogP contribution in [0.5, 0.6) is 0 Å². The Balaban J connectivity index is 0.934. The molecule has 10 aliphatic carbocycles. The Kier molecular flexibility index (Phi) is 4.72. The van der Waals surface area contributed by atoms with E-state index in [1.54, 1.807) is 0 Å². The largest absolute Gasteiger partial charge is 0.465 e. The highest BCUT2D eigenvalue weighted by Crippen LogP contribution is 2.61. The Bertz CT molecular complexity index is 803. The number of allylic oxidation sites excluding steroid dienone is 2. The minimum Gasteiger partial charge on any atom is -0.465 e. The summed E-state index contributed by atoms with van der Waals surface area (Å²) >= 11 is 0. The van der Waals surface area contributed by atoms with E-state index in [1.165, 1.54) is 77.0 Å². The quantitative estimate of drug-likeness (QED) is 0.350. The third-order valence-electron chi connectivity index (χ3n) is 12.4. The highest BCUT2D eigenvalue weighted by molar-refractivity contribution is 5.84. The molecule has 0 spiro atoms. The normalized spacial score (nSPS) is 53.9. The zero-order chi connectivity index (χ0) is 23.4. The van der Waals surface area contributed by atoms with Gasteiger partial charge in [-0.05, 0) is 131 Å². The molecule has 0 saturated heterocycles. The van der Waals surface area contributed by atoms with Gasteiger partial charge in [0.25, 0.3) is 0 Å². The molecule has 4 atom stereocenters. The monoisotopic (exact) mass is 478 g/mol. The summed E-state index contributed by atoms with van der Waals surface area (Å²) in [5.74, 6) is 4.57. The zero-order valence-corrected chi connectivity index (χ0v) is 21.2. The van der Waals surface area contributed by atoms with E-state index in [1.807, 2.05) is 0 Å². The maximum atomic E-state index is 13.5. The topological polar surface area (TPSA) is 52.6 Å². The van der Waals surface area contributed by atoms with Crippen molar-refractivity contribution in [3.8, 4) is 0 Å². The summed E-state index contributed by atoms with van der Waals surface area (Å²) in [6.07, 6.45) is 21.2. The molecule has 0 heterocycles. The SMILES string of the molecule is O=C(OCC12CC3CC(CC(C3)C1)C2)C1C2C=CC(C2)C1C(=O)OCC12CC3CC(CC(C3)C1)C2. The second-order valence-electron chi connectivity index (χ2n) is 15.1. The van der Waals surface area contributed by atoms with E-state index in [4.69, 9.17) is 9.47 Å². The second kappa shape index (κ2) is 7.60. The molecule has 10 bridgehead atoms. The molecule has 4 heteroatoms. The Hall–Kier alpha value is -1.32. The zero-order valence-electron chi connectivity index (χ0n) is 21.2. The Morgan fingerprint density at radius 2 is 0.857 bits per heavy atom. The lowest BCUT2D eigenvalue weighted by Gasteiger charge is -2.56. The van der Waals surface area contributed by atoms with Crippen molar-refractivity contribution in [2.45, 2.75) is 83.5 Å². The van der Waals surface area contributed by atoms with Gasteiger partial charge in [0, 0.05) is 10.8 Å². The van der Waals surface area contributed by atoms with Gasteiger partial charge < -0.3 is 9.47 Å². The van der Waals surface area contributed by atoms with Crippen LogP contribution in [0.15, 0.2) is 12.2 Å². The van der Waals surface area contributed by atoms with Gasteiger partial charge >= 0.3 is 11.9 Å². The van der Waals surface area contributed by atoms with Gasteiger partial charge in [-0.15, -0.1) is 0 Å². The van der Waals surface area contributed by atoms with Gasteiger partial charge in [0.2, 0.25) is 0 Å². The first-order valence-corrected chi connectivity index (χ1v) is 15.0. The van der Waals surface area contributed by atoms with Crippen molar-refractivity contribution in [1.29, 1.82) is 0 Å². The van der Waals surface area contributed by atoms with Crippen LogP contribution >= 0.6 is 0 Å². The maximum absolute atomic E-state index is 13.5. The molecule has 0 N–H and O–H groups in total. The Morgan fingerprint density at radius 1 is 0.543 bits per heavy atom. The van der Waals surface area contributed by atoms with Gasteiger partial charge in [0.05, 0.1) is 25.0 Å². The maximum Gasteiger partial charge on any atom is 0.310 e. The standard InChI is InChI=1S/C31H42O4/c32-28(34-16-30-10-18-3-19(11-30)5-20(4-18)12-30)26-24-1-2-25(9-24)27(26)29(33)35-17-31-13-21-6-22(14-31)8-23(7-21)15-31/h1-2,18-27H,3-17H2. The number of fused-ring (bicyclic) bond motifs is 2. The Morgan fingerprint density at radius 3 is 1.17 bits per heavy atom. The number of carbonyl (C=O) groups excluding carboxylic acids is 2. The fourth-order valence-electron chi connectivity index (χ4n) is 12.0. The minimum absolute atomic E-state index is 0.116. The first-order valence-electron chi connectivity index (χ1n) is 15.0. The molecule has 0 aromatic rings. The fourth-order valence-corrected chi connectivity index (χ4v) is 12.0. The fraction of sp³-hybridized carbons (Fsp3) is 0.871. The number of rotatable bonds is 6. The van der Waals surface area contributed by atoms with Crippen LogP contribution in [-0.4, -0.2) is 25.2 Å². The molecular weight excluding hydrogens is 436 g/mol. The number of hydrogen-bond donors (Lipinski definition) is 0. The van der Waals surface area contributed by atoms with E-state index in [-0.39, 0.29) is 46.4 Å². The summed E-state index contributed by atoms with van der Waals surface area (Å²) in [4.78, 5) is 27.0. The van der Waals surface area contributed by atoms with Crippen molar-refractivity contribution >= 4 is 11.9 Å². The molecule has 10 rings (SSSR count). The number of esters is 2. The summed E-state index contributed by atoms with van der Waals surface area (Å²) in [6.45, 7) is 1.17. The van der Waals surface area contributed by atoms with Crippen LogP contribution in [0.25, 0.3) is 0 Å². The number of ether oxygens (including phenoxy) is 2. The third-order valence-corrected chi connectivity index (χ3v) is 12.4. The summed E-state index contributed by atoms with van der Waals surface area (Å²) < 4.78 is 12.3. The molecule has 10 aliphatic rings. The molecule has 4 unspecified atom stereocenters. The van der Waals surface area contributed by atoms with E-state index in [2.05, 4.69) is 12.2 Å². The summed E-state index contributed by atoms with van der Waals surface area (Å²) in [5.41, 5.74) is 0.457. The van der Waals surface area contributed by atoms with Gasteiger partial charge in [-0.3, -0.25) is 9.59 Å². The van der Waals surface area contributed by atoms with Crippen molar-refractivity contribution in [3.63, 3.8) is 0 Å². The van der Waals surface area contributed by atoms with E-state index >= 15 is 0 Å². The smallest absolute Gasteiger partial charge is 0.310 e. The molecule has 4 nitrogen and oxygen atoms in total. The minimum atomic E-state index is -0.331. The molecular formula is C31H42O4. The van der Waals surface area contributed by atoms with Crippen molar-refractivity contribution in [3.05, 3.63) is 12.2 Å². The van der Waals surface area contributed by atoms with Gasteiger partial charge in [0.1, 0.15) is 0 Å². The summed E-state index contributed by atoms with van der Waals surface area (Å²) in [5, 5.41) is 0. The van der Waals surface area contributed by atoms with Gasteiger partial charge in [-0.1, -0.05) is 12.2 Å². The lowest BCUT2D eigenvalue weighted by atomic mass is 9.50. The van der Waals surface area contributed by atoms with E-state index in [0.29, 0.717) is 13.2 Å². The van der Waals surface area contributed by atoms with Crippen LogP contribution in [-0.2, 0) is 19.1 Å². The molecule has 9 saturated carbocycles. The first kappa shape index (κ1) is 21.7. The van der Waals surface area contributed by atoms with Crippen LogP contribution < -0.4 is 0 Å². The molecule has 0 amide bonds. The van der Waals surface area contributed by atoms with E-state index in [9.17, 15) is 9.59 Å². The highest BCUT2D eigenvalue weighted by Gasteiger charge is 2.56. The lowest BCUT2D eigenvalue weighted by Crippen LogP contribution is -2.49. The molecule has 35 heavy (non-hydrogen) atoms. The summed E-state index contributed by atoms with van der Waals surface area (Å²) in [7, 11) is 0. The van der Waals surface area contributed by atoms with Crippen molar-refractivity contribution in [1.82, 2.24) is 0 Å².